The van der Waals surface area contributed by atoms with Gasteiger partial charge in [0.05, 0.1) is 11.8 Å². The fourth-order valence-electron chi connectivity index (χ4n) is 4.04. The second-order valence-corrected chi connectivity index (χ2v) is 9.91. The lowest BCUT2D eigenvalue weighted by Crippen LogP contribution is -2.38. The predicted molar refractivity (Wildman–Crippen MR) is 129 cm³/mol. The maximum Gasteiger partial charge on any atom is 0.306 e. The fourth-order valence-corrected chi connectivity index (χ4v) is 4.48. The van der Waals surface area contributed by atoms with E-state index in [4.69, 9.17) is 14.3 Å². The molecule has 0 unspecified atom stereocenters. The predicted octanol–water partition coefficient (Wildman–Crippen LogP) is 3.64. The molecule has 0 saturated carbocycles. The third kappa shape index (κ3) is 6.10. The summed E-state index contributed by atoms with van der Waals surface area (Å²) in [6.45, 7) is 1.39. The molecule has 3 aromatic rings. The molecule has 0 radical (unpaired) electrons. The molecular formula is C26H25FN2O5S. The van der Waals surface area contributed by atoms with E-state index in [2.05, 4.69) is 24.0 Å². The van der Waals surface area contributed by atoms with Crippen LogP contribution in [-0.4, -0.2) is 38.6 Å². The zero-order valence-electron chi connectivity index (χ0n) is 19.2. The molecule has 1 saturated heterocycles. The summed E-state index contributed by atoms with van der Waals surface area (Å²) in [7, 11) is -3.93. The number of hydrogen-bond acceptors (Lipinski definition) is 6. The van der Waals surface area contributed by atoms with Crippen molar-refractivity contribution in [1.29, 1.82) is 0 Å². The number of rotatable bonds is 5. The van der Waals surface area contributed by atoms with Crippen LogP contribution in [0.3, 0.4) is 0 Å². The van der Waals surface area contributed by atoms with Gasteiger partial charge in [-0.3, -0.25) is 4.79 Å². The Kier molecular flexibility index (Phi) is 7.24. The SMILES string of the molecule is CS(=O)(=O)Oc1cc(C#Cc2ccccc2F)oc1C(=O)N1CCC(c2cccc(CN)c2)CC1. The van der Waals surface area contributed by atoms with Gasteiger partial charge in [-0.1, -0.05) is 42.3 Å². The molecular weight excluding hydrogens is 471 g/mol. The number of nitrogens with two attached hydrogens (primary N) is 1. The minimum absolute atomic E-state index is 0.0104. The topological polar surface area (TPSA) is 103 Å². The number of carbonyl (C=O) groups excluding carboxylic acids is 1. The largest absolute Gasteiger partial charge is 0.438 e. The van der Waals surface area contributed by atoms with Gasteiger partial charge in [0.1, 0.15) is 5.82 Å². The van der Waals surface area contributed by atoms with E-state index in [9.17, 15) is 17.6 Å². The number of halogens is 1. The number of benzene rings is 2. The molecule has 0 bridgehead atoms. The lowest BCUT2D eigenvalue weighted by atomic mass is 9.88. The number of furan rings is 1. The number of amides is 1. The first kappa shape index (κ1) is 24.5. The molecule has 35 heavy (non-hydrogen) atoms. The van der Waals surface area contributed by atoms with Gasteiger partial charge >= 0.3 is 10.1 Å². The smallest absolute Gasteiger partial charge is 0.306 e. The highest BCUT2D eigenvalue weighted by Gasteiger charge is 2.30. The highest BCUT2D eigenvalue weighted by Crippen LogP contribution is 2.32. The van der Waals surface area contributed by atoms with E-state index in [1.54, 1.807) is 17.0 Å². The minimum atomic E-state index is -3.93. The van der Waals surface area contributed by atoms with Crippen LogP contribution in [0.4, 0.5) is 4.39 Å². The Morgan fingerprint density at radius 2 is 1.89 bits per heavy atom. The fraction of sp³-hybridized carbons (Fsp3) is 0.269. The van der Waals surface area contributed by atoms with Crippen LogP contribution in [0.1, 0.15) is 51.8 Å². The molecule has 1 aliphatic rings. The van der Waals surface area contributed by atoms with Gasteiger partial charge in [-0.15, -0.1) is 0 Å². The number of hydrogen-bond donors (Lipinski definition) is 1. The maximum atomic E-state index is 13.9. The van der Waals surface area contributed by atoms with Gasteiger partial charge < -0.3 is 19.2 Å². The standard InChI is InChI=1S/C26H25FN2O5S/c1-35(31,32)34-24-16-22(10-9-20-6-2-3-8-23(20)27)33-25(24)26(30)29-13-11-19(12-14-29)21-7-4-5-18(15-21)17-28/h2-8,15-16,19H,11-14,17,28H2,1H3. The van der Waals surface area contributed by atoms with E-state index in [1.807, 2.05) is 12.1 Å². The van der Waals surface area contributed by atoms with Gasteiger partial charge in [0.2, 0.25) is 5.76 Å². The van der Waals surface area contributed by atoms with Crippen LogP contribution in [0, 0.1) is 17.7 Å². The summed E-state index contributed by atoms with van der Waals surface area (Å²) >= 11 is 0. The second kappa shape index (κ2) is 10.3. The van der Waals surface area contributed by atoms with Crippen LogP contribution in [0.25, 0.3) is 0 Å². The van der Waals surface area contributed by atoms with Crippen LogP contribution < -0.4 is 9.92 Å². The summed E-state index contributed by atoms with van der Waals surface area (Å²) in [5.74, 6) is 4.05. The molecule has 4 rings (SSSR count). The first-order chi connectivity index (χ1) is 16.7. The van der Waals surface area contributed by atoms with Crippen molar-refractivity contribution < 1.29 is 26.2 Å². The van der Waals surface area contributed by atoms with Crippen LogP contribution in [-0.2, 0) is 16.7 Å². The van der Waals surface area contributed by atoms with E-state index < -0.39 is 21.8 Å². The van der Waals surface area contributed by atoms with Crippen molar-refractivity contribution in [1.82, 2.24) is 4.90 Å². The minimum Gasteiger partial charge on any atom is -0.438 e. The normalized spacial score (nSPS) is 14.3. The number of nitrogens with zero attached hydrogens (tertiary/aromatic N) is 1. The lowest BCUT2D eigenvalue weighted by Gasteiger charge is -2.32. The molecule has 2 heterocycles. The van der Waals surface area contributed by atoms with Gasteiger partial charge in [-0.2, -0.15) is 8.42 Å². The summed E-state index contributed by atoms with van der Waals surface area (Å²) < 4.78 is 48.0. The Hall–Kier alpha value is -3.61. The van der Waals surface area contributed by atoms with E-state index in [0.29, 0.717) is 19.6 Å². The molecule has 9 heteroatoms. The molecule has 1 aliphatic heterocycles. The zero-order chi connectivity index (χ0) is 25.0. The number of carbonyl (C=O) groups is 1. The lowest BCUT2D eigenvalue weighted by molar-refractivity contribution is 0.0677. The third-order valence-corrected chi connectivity index (χ3v) is 6.25. The molecule has 1 aromatic heterocycles. The van der Waals surface area contributed by atoms with Gasteiger partial charge in [0, 0.05) is 25.7 Å². The molecule has 7 nitrogen and oxygen atoms in total. The molecule has 0 spiro atoms. The molecule has 0 atom stereocenters. The highest BCUT2D eigenvalue weighted by molar-refractivity contribution is 7.86. The first-order valence-electron chi connectivity index (χ1n) is 11.1. The van der Waals surface area contributed by atoms with Gasteiger partial charge in [-0.05, 0) is 47.9 Å². The second-order valence-electron chi connectivity index (χ2n) is 8.34. The van der Waals surface area contributed by atoms with Crippen LogP contribution in [0.15, 0.2) is 59.0 Å². The Morgan fingerprint density at radius 1 is 1.14 bits per heavy atom. The molecule has 2 aromatic carbocycles. The number of likely N-dealkylation sites (tertiary alicyclic amines) is 1. The third-order valence-electron chi connectivity index (χ3n) is 5.77. The van der Waals surface area contributed by atoms with Crippen molar-refractivity contribution in [2.45, 2.75) is 25.3 Å². The number of piperidine rings is 1. The molecule has 182 valence electrons. The van der Waals surface area contributed by atoms with E-state index >= 15 is 0 Å². The van der Waals surface area contributed by atoms with E-state index in [1.165, 1.54) is 23.8 Å². The highest BCUT2D eigenvalue weighted by atomic mass is 32.2. The van der Waals surface area contributed by atoms with E-state index in [0.717, 1.165) is 24.7 Å². The monoisotopic (exact) mass is 496 g/mol. The van der Waals surface area contributed by atoms with Crippen molar-refractivity contribution >= 4 is 16.0 Å². The van der Waals surface area contributed by atoms with Gasteiger partial charge in [0.25, 0.3) is 5.91 Å². The average Bonchev–Trinajstić information content (AvgIpc) is 3.24. The molecule has 2 N–H and O–H groups in total. The quantitative estimate of drug-likeness (QED) is 0.427. The van der Waals surface area contributed by atoms with Crippen LogP contribution in [0.2, 0.25) is 0 Å². The first-order valence-corrected chi connectivity index (χ1v) is 12.9. The van der Waals surface area contributed by atoms with Crippen molar-refractivity contribution in [3.8, 4) is 17.6 Å². The zero-order valence-corrected chi connectivity index (χ0v) is 20.0. The molecule has 1 amide bonds. The summed E-state index contributed by atoms with van der Waals surface area (Å²) in [6, 6.07) is 15.3. The summed E-state index contributed by atoms with van der Waals surface area (Å²) in [5, 5.41) is 0. The summed E-state index contributed by atoms with van der Waals surface area (Å²) in [6.07, 6.45) is 2.35. The van der Waals surface area contributed by atoms with Crippen LogP contribution >= 0.6 is 0 Å². The Balaban J connectivity index is 1.54. The Bertz CT molecular complexity index is 1400. The summed E-state index contributed by atoms with van der Waals surface area (Å²) in [4.78, 5) is 14.8. The van der Waals surface area contributed by atoms with Crippen molar-refractivity contribution in [2.75, 3.05) is 19.3 Å². The molecule has 1 fully saturated rings. The van der Waals surface area contributed by atoms with Crippen molar-refractivity contribution in [2.24, 2.45) is 5.73 Å². The van der Waals surface area contributed by atoms with Crippen molar-refractivity contribution in [3.05, 3.63) is 88.6 Å². The summed E-state index contributed by atoms with van der Waals surface area (Å²) in [5.41, 5.74) is 8.14. The van der Waals surface area contributed by atoms with E-state index in [-0.39, 0.29) is 28.8 Å². The van der Waals surface area contributed by atoms with Gasteiger partial charge in [0.15, 0.2) is 11.5 Å². The average molecular weight is 497 g/mol. The Labute approximate surface area is 203 Å². The van der Waals surface area contributed by atoms with Crippen LogP contribution in [0.5, 0.6) is 5.75 Å². The van der Waals surface area contributed by atoms with Gasteiger partial charge in [-0.25, -0.2) is 4.39 Å². The Morgan fingerprint density at radius 3 is 2.57 bits per heavy atom. The maximum absolute atomic E-state index is 13.9. The van der Waals surface area contributed by atoms with Crippen molar-refractivity contribution in [3.63, 3.8) is 0 Å². The molecule has 0 aliphatic carbocycles.